The van der Waals surface area contributed by atoms with Gasteiger partial charge in [-0.05, 0) is 43.7 Å². The molecule has 2 N–H and O–H groups in total. The SMILES string of the molecule is CCOC(=O)C1C(c2cccc(Cl)c2)c2c([nH]n(-c3ccccn3)c2=O)CC1(C)O. The number of pyridine rings is 1. The number of aromatic amines is 1. The summed E-state index contributed by atoms with van der Waals surface area (Å²) >= 11 is 6.21. The summed E-state index contributed by atoms with van der Waals surface area (Å²) in [4.78, 5) is 30.6. The van der Waals surface area contributed by atoms with Gasteiger partial charge in [0.1, 0.15) is 0 Å². The molecule has 0 spiro atoms. The summed E-state index contributed by atoms with van der Waals surface area (Å²) in [7, 11) is 0. The number of fused-ring (bicyclic) bond motifs is 1. The number of rotatable bonds is 4. The first kappa shape index (κ1) is 20.4. The molecule has 1 aromatic carbocycles. The van der Waals surface area contributed by atoms with Gasteiger partial charge in [-0.15, -0.1) is 0 Å². The van der Waals surface area contributed by atoms with Crippen LogP contribution in [0.1, 0.15) is 36.6 Å². The summed E-state index contributed by atoms with van der Waals surface area (Å²) < 4.78 is 6.62. The average Bonchev–Trinajstić information content (AvgIpc) is 3.02. The number of carbonyl (C=O) groups is 1. The van der Waals surface area contributed by atoms with Crippen molar-refractivity contribution in [1.82, 2.24) is 14.8 Å². The highest BCUT2D eigenvalue weighted by molar-refractivity contribution is 6.30. The molecule has 156 valence electrons. The van der Waals surface area contributed by atoms with Crippen LogP contribution in [0.15, 0.2) is 53.5 Å². The van der Waals surface area contributed by atoms with Crippen molar-refractivity contribution < 1.29 is 14.6 Å². The highest BCUT2D eigenvalue weighted by Gasteiger charge is 2.51. The fourth-order valence-electron chi connectivity index (χ4n) is 4.27. The molecule has 2 aromatic heterocycles. The summed E-state index contributed by atoms with van der Waals surface area (Å²) in [5, 5.41) is 14.8. The molecule has 3 aromatic rings. The average molecular weight is 428 g/mol. The number of esters is 1. The Hall–Kier alpha value is -2.90. The lowest BCUT2D eigenvalue weighted by Crippen LogP contribution is -2.50. The first-order chi connectivity index (χ1) is 14.3. The normalized spacial score (nSPS) is 23.1. The van der Waals surface area contributed by atoms with Gasteiger partial charge < -0.3 is 9.84 Å². The fourth-order valence-corrected chi connectivity index (χ4v) is 4.47. The topological polar surface area (TPSA) is 97.2 Å². The zero-order valence-electron chi connectivity index (χ0n) is 16.6. The number of nitrogens with one attached hydrogen (secondary N) is 1. The van der Waals surface area contributed by atoms with Crippen molar-refractivity contribution in [3.05, 3.63) is 80.9 Å². The number of aliphatic hydroxyl groups is 1. The molecular formula is C22H22ClN3O4. The van der Waals surface area contributed by atoms with Crippen molar-refractivity contribution in [2.24, 2.45) is 5.92 Å². The molecule has 2 heterocycles. The van der Waals surface area contributed by atoms with E-state index in [2.05, 4.69) is 10.1 Å². The number of nitrogens with zero attached hydrogens (tertiary/aromatic N) is 2. The molecule has 0 aliphatic heterocycles. The van der Waals surface area contributed by atoms with E-state index in [1.54, 1.807) is 62.5 Å². The van der Waals surface area contributed by atoms with E-state index >= 15 is 0 Å². The molecule has 4 rings (SSSR count). The van der Waals surface area contributed by atoms with E-state index in [1.165, 1.54) is 4.68 Å². The van der Waals surface area contributed by atoms with Gasteiger partial charge in [0.15, 0.2) is 5.82 Å². The van der Waals surface area contributed by atoms with Crippen LogP contribution in [0.25, 0.3) is 5.82 Å². The molecule has 0 saturated carbocycles. The Morgan fingerprint density at radius 2 is 2.17 bits per heavy atom. The molecular weight excluding hydrogens is 406 g/mol. The highest BCUT2D eigenvalue weighted by atomic mass is 35.5. The van der Waals surface area contributed by atoms with Gasteiger partial charge in [-0.25, -0.2) is 9.67 Å². The molecule has 8 heteroatoms. The smallest absolute Gasteiger partial charge is 0.312 e. The minimum atomic E-state index is -1.44. The maximum absolute atomic E-state index is 13.4. The van der Waals surface area contributed by atoms with Gasteiger partial charge in [0.25, 0.3) is 5.56 Å². The van der Waals surface area contributed by atoms with Crippen LogP contribution in [0, 0.1) is 5.92 Å². The van der Waals surface area contributed by atoms with Crippen LogP contribution in [-0.4, -0.2) is 38.0 Å². The summed E-state index contributed by atoms with van der Waals surface area (Å²) in [5.74, 6) is -1.82. The van der Waals surface area contributed by atoms with Gasteiger partial charge in [-0.1, -0.05) is 29.8 Å². The van der Waals surface area contributed by atoms with E-state index in [-0.39, 0.29) is 18.6 Å². The number of benzene rings is 1. The maximum Gasteiger partial charge on any atom is 0.312 e. The Labute approximate surface area is 178 Å². The van der Waals surface area contributed by atoms with Crippen LogP contribution >= 0.6 is 11.6 Å². The molecule has 0 amide bonds. The van der Waals surface area contributed by atoms with Gasteiger partial charge in [0.05, 0.1) is 18.1 Å². The number of aromatic nitrogens is 3. The Morgan fingerprint density at radius 3 is 2.83 bits per heavy atom. The Bertz CT molecular complexity index is 1140. The predicted molar refractivity (Wildman–Crippen MR) is 112 cm³/mol. The number of H-pyrrole nitrogens is 1. The van der Waals surface area contributed by atoms with Crippen LogP contribution < -0.4 is 5.56 Å². The number of halogens is 1. The van der Waals surface area contributed by atoms with Crippen molar-refractivity contribution in [2.75, 3.05) is 6.61 Å². The molecule has 0 saturated heterocycles. The Kier molecular flexibility index (Phi) is 5.26. The van der Waals surface area contributed by atoms with Gasteiger partial charge in [0, 0.05) is 34.8 Å². The molecule has 3 unspecified atom stereocenters. The number of ether oxygens (including phenoxy) is 1. The highest BCUT2D eigenvalue weighted by Crippen LogP contribution is 2.45. The van der Waals surface area contributed by atoms with Crippen molar-refractivity contribution in [1.29, 1.82) is 0 Å². The lowest BCUT2D eigenvalue weighted by molar-refractivity contribution is -0.159. The summed E-state index contributed by atoms with van der Waals surface area (Å²) in [6.45, 7) is 3.47. The standard InChI is InChI=1S/C22H22ClN3O4/c1-3-30-21(28)19-17(13-7-6-8-14(23)11-13)18-15(12-22(19,2)29)25-26(20(18)27)16-9-4-5-10-24-16/h4-11,17,19,25,29H,3,12H2,1-2H3. The Morgan fingerprint density at radius 1 is 1.37 bits per heavy atom. The van der Waals surface area contributed by atoms with Crippen LogP contribution in [-0.2, 0) is 16.0 Å². The van der Waals surface area contributed by atoms with Crippen LogP contribution in [0.5, 0.6) is 0 Å². The lowest BCUT2D eigenvalue weighted by Gasteiger charge is -2.40. The first-order valence-electron chi connectivity index (χ1n) is 9.73. The van der Waals surface area contributed by atoms with E-state index < -0.39 is 23.4 Å². The van der Waals surface area contributed by atoms with Crippen molar-refractivity contribution in [2.45, 2.75) is 31.8 Å². The van der Waals surface area contributed by atoms with Gasteiger partial charge >= 0.3 is 5.97 Å². The quantitative estimate of drug-likeness (QED) is 0.624. The molecule has 0 fully saturated rings. The zero-order chi connectivity index (χ0) is 21.5. The van der Waals surface area contributed by atoms with Crippen LogP contribution in [0.3, 0.4) is 0 Å². The van der Waals surface area contributed by atoms with E-state index in [0.29, 0.717) is 27.7 Å². The number of hydrogen-bond donors (Lipinski definition) is 2. The zero-order valence-corrected chi connectivity index (χ0v) is 17.4. The van der Waals surface area contributed by atoms with Crippen molar-refractivity contribution in [3.8, 4) is 5.82 Å². The number of carbonyl (C=O) groups excluding carboxylic acids is 1. The van der Waals surface area contributed by atoms with Crippen molar-refractivity contribution in [3.63, 3.8) is 0 Å². The predicted octanol–water partition coefficient (Wildman–Crippen LogP) is 2.83. The van der Waals surface area contributed by atoms with Crippen LogP contribution in [0.2, 0.25) is 5.02 Å². The molecule has 0 bridgehead atoms. The fraction of sp³-hybridized carbons (Fsp3) is 0.318. The molecule has 30 heavy (non-hydrogen) atoms. The summed E-state index contributed by atoms with van der Waals surface area (Å²) in [5.41, 5.74) is -0.135. The third-order valence-electron chi connectivity index (χ3n) is 5.48. The second-order valence-electron chi connectivity index (χ2n) is 7.63. The van der Waals surface area contributed by atoms with Gasteiger partial charge in [-0.2, -0.15) is 0 Å². The monoisotopic (exact) mass is 427 g/mol. The first-order valence-corrected chi connectivity index (χ1v) is 10.1. The van der Waals surface area contributed by atoms with Crippen LogP contribution in [0.4, 0.5) is 0 Å². The van der Waals surface area contributed by atoms with E-state index in [9.17, 15) is 14.7 Å². The van der Waals surface area contributed by atoms with E-state index in [4.69, 9.17) is 16.3 Å². The maximum atomic E-state index is 13.4. The van der Waals surface area contributed by atoms with Gasteiger partial charge in [0.2, 0.25) is 0 Å². The largest absolute Gasteiger partial charge is 0.466 e. The molecule has 1 aliphatic carbocycles. The third kappa shape index (κ3) is 3.44. The lowest BCUT2D eigenvalue weighted by atomic mass is 9.66. The Balaban J connectivity index is 1.97. The van der Waals surface area contributed by atoms with Crippen molar-refractivity contribution >= 4 is 17.6 Å². The second kappa shape index (κ2) is 7.74. The summed E-state index contributed by atoms with van der Waals surface area (Å²) in [6, 6.07) is 12.2. The third-order valence-corrected chi connectivity index (χ3v) is 5.72. The minimum absolute atomic E-state index is 0.0952. The van der Waals surface area contributed by atoms with E-state index in [1.807, 2.05) is 0 Å². The molecule has 0 radical (unpaired) electrons. The van der Waals surface area contributed by atoms with E-state index in [0.717, 1.165) is 0 Å². The number of hydrogen-bond acceptors (Lipinski definition) is 5. The summed E-state index contributed by atoms with van der Waals surface area (Å²) in [6.07, 6.45) is 1.69. The molecule has 3 atom stereocenters. The second-order valence-corrected chi connectivity index (χ2v) is 8.07. The van der Waals surface area contributed by atoms with Gasteiger partial charge in [-0.3, -0.25) is 14.7 Å². The molecule has 7 nitrogen and oxygen atoms in total. The minimum Gasteiger partial charge on any atom is -0.466 e. The molecule has 1 aliphatic rings.